The van der Waals surface area contributed by atoms with Gasteiger partial charge in [0.15, 0.2) is 0 Å². The summed E-state index contributed by atoms with van der Waals surface area (Å²) in [6.07, 6.45) is 10.0. The van der Waals surface area contributed by atoms with E-state index in [1.165, 1.54) is 25.7 Å². The first kappa shape index (κ1) is 30.6. The van der Waals surface area contributed by atoms with Gasteiger partial charge in [0, 0.05) is 0 Å². The Morgan fingerprint density at radius 1 is 0.455 bits per heavy atom. The summed E-state index contributed by atoms with van der Waals surface area (Å²) in [6, 6.07) is 0. The van der Waals surface area contributed by atoms with Gasteiger partial charge in [0.25, 0.3) is 0 Å². The fraction of sp³-hybridized carbons (Fsp3) is 0.667. The molecule has 0 atom stereocenters. The van der Waals surface area contributed by atoms with Gasteiger partial charge in [-0.25, -0.2) is 0 Å². The third-order valence-corrected chi connectivity index (χ3v) is 1.16. The second-order valence-corrected chi connectivity index (χ2v) is 3.24. The quantitative estimate of drug-likeness (QED) is 0.300. The Kier molecular flexibility index (Phi) is 21.2. The van der Waals surface area contributed by atoms with Crippen LogP contribution in [0.5, 0.6) is 0 Å². The van der Waals surface area contributed by atoms with Crippen LogP contribution in [0, 0.1) is 0 Å². The van der Waals surface area contributed by atoms with Crippen molar-refractivity contribution in [3.63, 3.8) is 0 Å². The van der Waals surface area contributed by atoms with Crippen molar-refractivity contribution in [2.45, 2.75) is 25.7 Å². The molecule has 0 aliphatic heterocycles. The first-order valence-corrected chi connectivity index (χ1v) is 5.27. The van der Waals surface area contributed by atoms with Gasteiger partial charge in [-0.15, -0.1) is 0 Å². The van der Waals surface area contributed by atoms with Crippen LogP contribution in [0.15, 0.2) is 12.2 Å². The molecule has 0 unspecified atom stereocenters. The van der Waals surface area contributed by atoms with E-state index in [2.05, 4.69) is 12.2 Å². The van der Waals surface area contributed by atoms with Crippen LogP contribution >= 0.6 is 0 Å². The Bertz CT molecular complexity index is 205. The van der Waals surface area contributed by atoms with Crippen molar-refractivity contribution >= 4 is 73.1 Å². The van der Waals surface area contributed by atoms with Gasteiger partial charge >= 0.3 is 73.1 Å². The summed E-state index contributed by atoms with van der Waals surface area (Å²) in [5, 5.41) is 0. The first-order valence-electron chi connectivity index (χ1n) is 5.27. The topological polar surface area (TPSA) is 0 Å². The Hall–Kier alpha value is 0.731. The molecule has 1 aliphatic rings. The van der Waals surface area contributed by atoms with E-state index in [0.29, 0.717) is 0 Å². The summed E-state index contributed by atoms with van der Waals surface area (Å²) in [7, 11) is -18.0. The second kappa shape index (κ2) is 15.3. The molecule has 0 aromatic carbocycles. The van der Waals surface area contributed by atoms with Gasteiger partial charge in [-0.1, -0.05) is 12.2 Å². The summed E-state index contributed by atoms with van der Waals surface area (Å²) in [6.45, 7) is 0. The zero-order chi connectivity index (χ0) is 17.7. The van der Waals surface area contributed by atoms with Crippen LogP contribution in [-0.2, 0) is 0 Å². The molecule has 0 spiro atoms. The molecule has 0 aromatic rings. The van der Waals surface area contributed by atoms with E-state index in [4.69, 9.17) is 0 Å². The van der Waals surface area contributed by atoms with Gasteiger partial charge in [-0.3, -0.25) is 0 Å². The second-order valence-electron chi connectivity index (χ2n) is 3.24. The maximum atomic E-state index is 9.75. The predicted molar refractivity (Wildman–Crippen MR) is 65.3 cm³/mol. The summed E-state index contributed by atoms with van der Waals surface area (Å²) in [5.41, 5.74) is 0. The minimum absolute atomic E-state index is 0. The molecule has 0 N–H and O–H groups in total. The van der Waals surface area contributed by atoms with Crippen molar-refractivity contribution in [2.24, 2.45) is 0 Å². The van der Waals surface area contributed by atoms with Crippen molar-refractivity contribution in [1.82, 2.24) is 0 Å². The van der Waals surface area contributed by atoms with Crippen LogP contribution in [0.2, 0.25) is 0 Å². The summed E-state index contributed by atoms with van der Waals surface area (Å²) in [4.78, 5) is 0. The number of halogens is 12. The van der Waals surface area contributed by atoms with Gasteiger partial charge in [0.05, 0.1) is 0 Å². The maximum absolute atomic E-state index is 9.75. The average molecular weight is 383 g/mol. The van der Waals surface area contributed by atoms with E-state index in [9.17, 15) is 51.8 Å². The van der Waals surface area contributed by atoms with E-state index in [-0.39, 0.29) is 51.4 Å². The zero-order valence-corrected chi connectivity index (χ0v) is 10.3. The Morgan fingerprint density at radius 2 is 0.591 bits per heavy atom. The molecule has 1 aliphatic carbocycles. The fourth-order valence-corrected chi connectivity index (χ4v) is 0.760. The Labute approximate surface area is 161 Å². The molecule has 1 rings (SSSR count). The minimum atomic E-state index is -6.00. The molecule has 0 heterocycles. The summed E-state index contributed by atoms with van der Waals surface area (Å²) < 4.78 is 117. The predicted octanol–water partition coefficient (Wildman–Crippen LogP) is 5.37. The van der Waals surface area contributed by atoms with Crippen LogP contribution in [0.3, 0.4) is 0 Å². The van der Waals surface area contributed by atoms with Crippen LogP contribution in [-0.4, -0.2) is 73.1 Å². The molecule has 0 fully saturated rings. The van der Waals surface area contributed by atoms with Crippen LogP contribution in [0.25, 0.3) is 0 Å². The van der Waals surface area contributed by atoms with Crippen LogP contribution in [0.4, 0.5) is 51.8 Å². The zero-order valence-electron chi connectivity index (χ0n) is 10.3. The van der Waals surface area contributed by atoms with E-state index >= 15 is 0 Å². The van der Waals surface area contributed by atoms with E-state index in [1.807, 2.05) is 0 Å². The van der Waals surface area contributed by atoms with Gasteiger partial charge < -0.3 is 51.8 Å². The van der Waals surface area contributed by atoms with Crippen molar-refractivity contribution in [3.05, 3.63) is 12.2 Å². The molecule has 0 saturated carbocycles. The molecule has 0 nitrogen and oxygen atoms in total. The molecule has 0 saturated heterocycles. The molecule has 16 heteroatoms. The monoisotopic (exact) mass is 383 g/mol. The van der Waals surface area contributed by atoms with Crippen molar-refractivity contribution in [1.29, 1.82) is 0 Å². The molecule has 0 aromatic heterocycles. The molecule has 0 radical (unpaired) electrons. The number of rotatable bonds is 0. The SMILES string of the molecule is C1=CCCCC1.F[B-](F)(F)F.F[B-](F)(F)F.F[B-](F)(F)F.[KH]. The number of hydrogen-bond acceptors (Lipinski definition) is 0. The van der Waals surface area contributed by atoms with Crippen molar-refractivity contribution in [2.75, 3.05) is 0 Å². The van der Waals surface area contributed by atoms with Crippen molar-refractivity contribution in [3.8, 4) is 0 Å². The Balaban J connectivity index is -0.0000000973. The molecule has 132 valence electrons. The van der Waals surface area contributed by atoms with Gasteiger partial charge in [0.1, 0.15) is 0 Å². The number of allylic oxidation sites excluding steroid dienone is 2. The van der Waals surface area contributed by atoms with E-state index < -0.39 is 21.8 Å². The van der Waals surface area contributed by atoms with E-state index in [0.717, 1.165) is 0 Å². The third kappa shape index (κ3) is 178. The molecular formula is C6H11B3F12K-3. The first-order chi connectivity index (χ1) is 9.00. The Morgan fingerprint density at radius 3 is 0.636 bits per heavy atom. The van der Waals surface area contributed by atoms with Gasteiger partial charge in [-0.2, -0.15) is 0 Å². The molecule has 22 heavy (non-hydrogen) atoms. The van der Waals surface area contributed by atoms with Crippen molar-refractivity contribution < 1.29 is 51.8 Å². The van der Waals surface area contributed by atoms with Crippen LogP contribution < -0.4 is 0 Å². The average Bonchev–Trinajstić information content (AvgIpc) is 2.12. The fourth-order valence-electron chi connectivity index (χ4n) is 0.760. The van der Waals surface area contributed by atoms with Crippen LogP contribution in [0.1, 0.15) is 25.7 Å². The standard InChI is InChI=1S/C6H10.3BF4.K.H/c1-2-4-6-5-3-1;3*2-1(3,4)5;;/h1-2H,3-6H2;;;;;/q;3*-1;;. The summed E-state index contributed by atoms with van der Waals surface area (Å²) in [5.74, 6) is 0. The molecular weight excluding hydrogens is 372 g/mol. The normalized spacial score (nSPS) is 14.0. The summed E-state index contributed by atoms with van der Waals surface area (Å²) >= 11 is 0. The number of hydrogen-bond donors (Lipinski definition) is 0. The molecule has 0 amide bonds. The van der Waals surface area contributed by atoms with E-state index in [1.54, 1.807) is 0 Å². The molecule has 0 bridgehead atoms. The van der Waals surface area contributed by atoms with Gasteiger partial charge in [-0.05, 0) is 25.7 Å². The van der Waals surface area contributed by atoms with Gasteiger partial charge in [0.2, 0.25) is 0 Å². The third-order valence-electron chi connectivity index (χ3n) is 1.16.